The molecule has 2 amide bonds. The number of anilines is 1. The number of amides is 2. The third kappa shape index (κ3) is 3.65. The molecule has 2 unspecified atom stereocenters. The van der Waals surface area contributed by atoms with E-state index in [1.54, 1.807) is 4.90 Å². The van der Waals surface area contributed by atoms with Crippen LogP contribution in [0.4, 0.5) is 10.5 Å². The number of nitrogens with zero attached hydrogens (tertiary/aromatic N) is 1. The number of hydrogen-bond donors (Lipinski definition) is 2. The molecule has 0 aromatic heterocycles. The first kappa shape index (κ1) is 15.6. The lowest BCUT2D eigenvalue weighted by Gasteiger charge is -2.36. The highest BCUT2D eigenvalue weighted by molar-refractivity contribution is 6.33. The van der Waals surface area contributed by atoms with Gasteiger partial charge in [0.15, 0.2) is 0 Å². The predicted molar refractivity (Wildman–Crippen MR) is 79.0 cm³/mol. The Morgan fingerprint density at radius 3 is 2.81 bits per heavy atom. The number of aromatic carboxylic acids is 1. The fourth-order valence-corrected chi connectivity index (χ4v) is 2.29. The Kier molecular flexibility index (Phi) is 4.69. The minimum absolute atomic E-state index is 0.0345. The monoisotopic (exact) mass is 312 g/mol. The molecule has 21 heavy (non-hydrogen) atoms. The maximum Gasteiger partial charge on any atom is 0.335 e. The maximum atomic E-state index is 12.3. The average molecular weight is 313 g/mol. The van der Waals surface area contributed by atoms with Crippen molar-refractivity contribution in [2.75, 3.05) is 18.5 Å². The van der Waals surface area contributed by atoms with Crippen molar-refractivity contribution in [2.24, 2.45) is 0 Å². The Morgan fingerprint density at radius 2 is 2.14 bits per heavy atom. The van der Waals surface area contributed by atoms with Crippen molar-refractivity contribution >= 4 is 29.3 Å². The van der Waals surface area contributed by atoms with E-state index in [0.717, 1.165) is 0 Å². The highest BCUT2D eigenvalue weighted by Crippen LogP contribution is 2.24. The number of urea groups is 1. The molecule has 114 valence electrons. The summed E-state index contributed by atoms with van der Waals surface area (Å²) < 4.78 is 5.47. The van der Waals surface area contributed by atoms with Gasteiger partial charge in [-0.3, -0.25) is 0 Å². The third-order valence-corrected chi connectivity index (χ3v) is 3.65. The summed E-state index contributed by atoms with van der Waals surface area (Å²) in [6.45, 7) is 4.73. The Balaban J connectivity index is 2.15. The second-order valence-electron chi connectivity index (χ2n) is 5.08. The smallest absolute Gasteiger partial charge is 0.335 e. The van der Waals surface area contributed by atoms with E-state index in [1.807, 2.05) is 13.8 Å². The number of halogens is 1. The summed E-state index contributed by atoms with van der Waals surface area (Å²) >= 11 is 6.00. The van der Waals surface area contributed by atoms with Crippen LogP contribution in [-0.4, -0.2) is 47.3 Å². The van der Waals surface area contributed by atoms with Crippen LogP contribution in [-0.2, 0) is 4.74 Å². The second-order valence-corrected chi connectivity index (χ2v) is 5.48. The zero-order valence-corrected chi connectivity index (χ0v) is 12.6. The van der Waals surface area contributed by atoms with E-state index in [2.05, 4.69) is 5.32 Å². The highest BCUT2D eigenvalue weighted by Gasteiger charge is 2.27. The number of carboxylic acid groups (broad SMARTS) is 1. The molecular formula is C14H17ClN2O4. The van der Waals surface area contributed by atoms with E-state index < -0.39 is 5.97 Å². The molecular weight excluding hydrogens is 296 g/mol. The summed E-state index contributed by atoms with van der Waals surface area (Å²) in [4.78, 5) is 24.9. The Bertz CT molecular complexity index is 564. The molecule has 1 fully saturated rings. The number of rotatable bonds is 2. The van der Waals surface area contributed by atoms with Crippen molar-refractivity contribution in [3.63, 3.8) is 0 Å². The number of carbonyl (C=O) groups is 2. The molecule has 6 nitrogen and oxygen atoms in total. The predicted octanol–water partition coefficient (Wildman–Crippen LogP) is 2.68. The number of benzene rings is 1. The van der Waals surface area contributed by atoms with Crippen LogP contribution in [0.5, 0.6) is 0 Å². The average Bonchev–Trinajstić information content (AvgIpc) is 2.43. The van der Waals surface area contributed by atoms with Crippen LogP contribution in [0.25, 0.3) is 0 Å². The molecule has 0 radical (unpaired) electrons. The van der Waals surface area contributed by atoms with Crippen LogP contribution in [0.15, 0.2) is 18.2 Å². The van der Waals surface area contributed by atoms with Gasteiger partial charge in [0.05, 0.1) is 35.0 Å². The molecule has 0 aliphatic carbocycles. The van der Waals surface area contributed by atoms with Crippen molar-refractivity contribution in [1.29, 1.82) is 0 Å². The van der Waals surface area contributed by atoms with Crippen molar-refractivity contribution in [3.05, 3.63) is 28.8 Å². The van der Waals surface area contributed by atoms with E-state index in [1.165, 1.54) is 18.2 Å². The Labute approximate surface area is 127 Å². The fourth-order valence-electron chi connectivity index (χ4n) is 2.13. The van der Waals surface area contributed by atoms with E-state index in [4.69, 9.17) is 21.4 Å². The number of hydrogen-bond acceptors (Lipinski definition) is 3. The summed E-state index contributed by atoms with van der Waals surface area (Å²) in [7, 11) is 0. The molecule has 7 heteroatoms. The normalized spacial score (nSPS) is 22.0. The number of morpholine rings is 1. The summed E-state index contributed by atoms with van der Waals surface area (Å²) in [5.74, 6) is -1.07. The van der Waals surface area contributed by atoms with Gasteiger partial charge in [0.25, 0.3) is 0 Å². The summed E-state index contributed by atoms with van der Waals surface area (Å²) in [6, 6.07) is 3.81. The van der Waals surface area contributed by atoms with Gasteiger partial charge in [-0.05, 0) is 32.0 Å². The maximum absolute atomic E-state index is 12.3. The fraction of sp³-hybridized carbons (Fsp3) is 0.429. The van der Waals surface area contributed by atoms with Crippen molar-refractivity contribution < 1.29 is 19.4 Å². The van der Waals surface area contributed by atoms with E-state index in [9.17, 15) is 9.59 Å². The molecule has 1 heterocycles. The lowest BCUT2D eigenvalue weighted by Crippen LogP contribution is -2.51. The first-order valence-electron chi connectivity index (χ1n) is 6.60. The first-order chi connectivity index (χ1) is 9.88. The lowest BCUT2D eigenvalue weighted by molar-refractivity contribution is -0.0296. The third-order valence-electron chi connectivity index (χ3n) is 3.32. The molecule has 0 spiro atoms. The molecule has 1 aliphatic rings. The van der Waals surface area contributed by atoms with Crippen molar-refractivity contribution in [1.82, 2.24) is 4.90 Å². The molecule has 1 saturated heterocycles. The van der Waals surface area contributed by atoms with Gasteiger partial charge >= 0.3 is 12.0 Å². The van der Waals surface area contributed by atoms with Crippen LogP contribution < -0.4 is 5.32 Å². The van der Waals surface area contributed by atoms with Crippen LogP contribution in [0.2, 0.25) is 5.02 Å². The van der Waals surface area contributed by atoms with Gasteiger partial charge in [0.1, 0.15) is 0 Å². The molecule has 1 aromatic rings. The molecule has 1 aliphatic heterocycles. The largest absolute Gasteiger partial charge is 0.478 e. The van der Waals surface area contributed by atoms with E-state index >= 15 is 0 Å². The van der Waals surface area contributed by atoms with Gasteiger partial charge in [-0.25, -0.2) is 9.59 Å². The van der Waals surface area contributed by atoms with Crippen LogP contribution in [0.3, 0.4) is 0 Å². The number of carboxylic acids is 1. The number of ether oxygens (including phenoxy) is 1. The standard InChI is InChI=1S/C14H17ClN2O4/c1-8-7-21-9(2)6-17(8)14(20)16-12-5-10(13(18)19)3-4-11(12)15/h3-5,8-9H,6-7H2,1-2H3,(H,16,20)(H,18,19). The first-order valence-corrected chi connectivity index (χ1v) is 6.98. The minimum atomic E-state index is -1.07. The Hall–Kier alpha value is -1.79. The van der Waals surface area contributed by atoms with Gasteiger partial charge in [0.2, 0.25) is 0 Å². The van der Waals surface area contributed by atoms with Crippen molar-refractivity contribution in [2.45, 2.75) is 26.0 Å². The lowest BCUT2D eigenvalue weighted by atomic mass is 10.2. The van der Waals surface area contributed by atoms with E-state index in [0.29, 0.717) is 18.2 Å². The molecule has 2 N–H and O–H groups in total. The zero-order valence-electron chi connectivity index (χ0n) is 11.8. The minimum Gasteiger partial charge on any atom is -0.478 e. The second kappa shape index (κ2) is 6.32. The molecule has 1 aromatic carbocycles. The zero-order chi connectivity index (χ0) is 15.6. The van der Waals surface area contributed by atoms with Crippen LogP contribution in [0, 0.1) is 0 Å². The van der Waals surface area contributed by atoms with Gasteiger partial charge in [0, 0.05) is 6.54 Å². The molecule has 2 rings (SSSR count). The summed E-state index contributed by atoms with van der Waals surface area (Å²) in [6.07, 6.45) is -0.0345. The number of carbonyl (C=O) groups excluding carboxylic acids is 1. The van der Waals surface area contributed by atoms with Gasteiger partial charge in [-0.15, -0.1) is 0 Å². The van der Waals surface area contributed by atoms with Gasteiger partial charge in [-0.1, -0.05) is 11.6 Å². The van der Waals surface area contributed by atoms with Gasteiger partial charge in [-0.2, -0.15) is 0 Å². The molecule has 0 saturated carbocycles. The molecule has 0 bridgehead atoms. The number of nitrogens with one attached hydrogen (secondary N) is 1. The van der Waals surface area contributed by atoms with Crippen LogP contribution >= 0.6 is 11.6 Å². The van der Waals surface area contributed by atoms with Crippen molar-refractivity contribution in [3.8, 4) is 0 Å². The molecule has 2 atom stereocenters. The van der Waals surface area contributed by atoms with Crippen LogP contribution in [0.1, 0.15) is 24.2 Å². The summed E-state index contributed by atoms with van der Waals surface area (Å²) in [5.41, 5.74) is 0.353. The Morgan fingerprint density at radius 1 is 1.43 bits per heavy atom. The topological polar surface area (TPSA) is 78.9 Å². The highest BCUT2D eigenvalue weighted by atomic mass is 35.5. The van der Waals surface area contributed by atoms with Gasteiger partial charge < -0.3 is 20.1 Å². The summed E-state index contributed by atoms with van der Waals surface area (Å²) in [5, 5.41) is 11.9. The SMILES string of the molecule is CC1CN(C(=O)Nc2cc(C(=O)O)ccc2Cl)C(C)CO1. The van der Waals surface area contributed by atoms with E-state index in [-0.39, 0.29) is 29.4 Å². The quantitative estimate of drug-likeness (QED) is 0.880.